The second-order valence-electron chi connectivity index (χ2n) is 4.90. The molecule has 4 N–H and O–H groups in total. The second kappa shape index (κ2) is 8.07. The lowest BCUT2D eigenvalue weighted by atomic mass is 9.92. The molecule has 5 heteroatoms. The van der Waals surface area contributed by atoms with Crippen LogP contribution in [0.25, 0.3) is 0 Å². The van der Waals surface area contributed by atoms with Crippen LogP contribution in [0, 0.1) is 6.10 Å². The van der Waals surface area contributed by atoms with Crippen LogP contribution in [0.1, 0.15) is 45.4 Å². The molecule has 0 bridgehead atoms. The van der Waals surface area contributed by atoms with Gasteiger partial charge in [-0.25, -0.2) is 0 Å². The van der Waals surface area contributed by atoms with Crippen LogP contribution in [0.15, 0.2) is 0 Å². The van der Waals surface area contributed by atoms with Crippen LogP contribution >= 0.6 is 0 Å². The zero-order valence-electron chi connectivity index (χ0n) is 11.0. The van der Waals surface area contributed by atoms with Gasteiger partial charge < -0.3 is 25.2 Å². The van der Waals surface area contributed by atoms with Crippen molar-refractivity contribution in [3.8, 4) is 0 Å². The Balaban J connectivity index is 2.35. The molecule has 1 rings (SSSR count). The Bertz CT molecular complexity index is 221. The van der Waals surface area contributed by atoms with Crippen LogP contribution in [-0.4, -0.2) is 51.4 Å². The van der Waals surface area contributed by atoms with E-state index in [-0.39, 0.29) is 6.61 Å². The van der Waals surface area contributed by atoms with Crippen molar-refractivity contribution in [1.82, 2.24) is 0 Å². The fourth-order valence-electron chi connectivity index (χ4n) is 2.19. The molecule has 0 amide bonds. The zero-order valence-corrected chi connectivity index (χ0v) is 11.0. The topological polar surface area (TPSA) is 90.2 Å². The summed E-state index contributed by atoms with van der Waals surface area (Å²) in [4.78, 5) is 0. The van der Waals surface area contributed by atoms with Gasteiger partial charge in [-0.15, -0.1) is 0 Å². The van der Waals surface area contributed by atoms with Crippen LogP contribution < -0.4 is 0 Å². The predicted molar refractivity (Wildman–Crippen MR) is 66.6 cm³/mol. The summed E-state index contributed by atoms with van der Waals surface area (Å²) in [7, 11) is 0. The van der Waals surface area contributed by atoms with Gasteiger partial charge in [0.2, 0.25) is 0 Å². The van der Waals surface area contributed by atoms with Gasteiger partial charge in [-0.1, -0.05) is 39.0 Å². The molecule has 0 unspecified atom stereocenters. The molecule has 0 saturated carbocycles. The number of aliphatic hydroxyl groups is 4. The first-order chi connectivity index (χ1) is 8.61. The summed E-state index contributed by atoms with van der Waals surface area (Å²) in [5, 5.41) is 38.0. The first kappa shape index (κ1) is 15.9. The van der Waals surface area contributed by atoms with Gasteiger partial charge in [0, 0.05) is 0 Å². The minimum atomic E-state index is -1.28. The average molecular weight is 261 g/mol. The van der Waals surface area contributed by atoms with E-state index in [4.69, 9.17) is 9.84 Å². The Morgan fingerprint density at radius 1 is 1.00 bits per heavy atom. The third-order valence-electron chi connectivity index (χ3n) is 3.39. The van der Waals surface area contributed by atoms with Gasteiger partial charge in [-0.3, -0.25) is 0 Å². The van der Waals surface area contributed by atoms with Gasteiger partial charge >= 0.3 is 0 Å². The van der Waals surface area contributed by atoms with E-state index < -0.39 is 24.4 Å². The lowest BCUT2D eigenvalue weighted by Gasteiger charge is -2.39. The Kier molecular flexibility index (Phi) is 7.11. The van der Waals surface area contributed by atoms with E-state index in [1.807, 2.05) is 0 Å². The van der Waals surface area contributed by atoms with Crippen LogP contribution in [0.4, 0.5) is 0 Å². The Hall–Kier alpha value is -0.200. The first-order valence-electron chi connectivity index (χ1n) is 6.79. The SMILES string of the molecule is CCCCCCC[C]1O[C@H](CO)[C@H](O)[C@H](O)[C@H]1O. The molecule has 0 spiro atoms. The Labute approximate surface area is 108 Å². The lowest BCUT2D eigenvalue weighted by molar-refractivity contribution is -0.192. The maximum absolute atomic E-state index is 9.77. The highest BCUT2D eigenvalue weighted by Crippen LogP contribution is 2.30. The number of rotatable bonds is 7. The number of ether oxygens (including phenoxy) is 1. The lowest BCUT2D eigenvalue weighted by Crippen LogP contribution is -2.55. The van der Waals surface area contributed by atoms with Crippen LogP contribution in [-0.2, 0) is 4.74 Å². The van der Waals surface area contributed by atoms with Gasteiger partial charge in [-0.2, -0.15) is 0 Å². The van der Waals surface area contributed by atoms with E-state index >= 15 is 0 Å². The molecule has 1 saturated heterocycles. The van der Waals surface area contributed by atoms with E-state index in [2.05, 4.69) is 6.92 Å². The molecular formula is C13H25O5. The fourth-order valence-corrected chi connectivity index (χ4v) is 2.19. The van der Waals surface area contributed by atoms with Crippen molar-refractivity contribution in [2.45, 2.75) is 69.9 Å². The summed E-state index contributed by atoms with van der Waals surface area (Å²) in [6.45, 7) is 1.77. The second-order valence-corrected chi connectivity index (χ2v) is 4.90. The van der Waals surface area contributed by atoms with Crippen molar-refractivity contribution in [2.75, 3.05) is 6.61 Å². The molecule has 0 aliphatic carbocycles. The molecule has 1 fully saturated rings. The fraction of sp³-hybridized carbons (Fsp3) is 0.923. The molecule has 5 nitrogen and oxygen atoms in total. The van der Waals surface area contributed by atoms with Crippen molar-refractivity contribution < 1.29 is 25.2 Å². The predicted octanol–water partition coefficient (Wildman–Crippen LogP) is 0.353. The molecule has 4 atom stereocenters. The third-order valence-corrected chi connectivity index (χ3v) is 3.39. The minimum Gasteiger partial charge on any atom is -0.394 e. The normalized spacial score (nSPS) is 33.8. The van der Waals surface area contributed by atoms with Crippen molar-refractivity contribution in [3.05, 3.63) is 6.10 Å². The molecule has 1 aliphatic rings. The number of aliphatic hydroxyl groups excluding tert-OH is 4. The highest BCUT2D eigenvalue weighted by Gasteiger charge is 2.43. The molecule has 18 heavy (non-hydrogen) atoms. The number of hydrogen-bond acceptors (Lipinski definition) is 5. The molecule has 0 aromatic rings. The largest absolute Gasteiger partial charge is 0.394 e. The zero-order chi connectivity index (χ0) is 13.5. The van der Waals surface area contributed by atoms with Crippen LogP contribution in [0.2, 0.25) is 0 Å². The Morgan fingerprint density at radius 3 is 2.28 bits per heavy atom. The molecule has 1 heterocycles. The van der Waals surface area contributed by atoms with E-state index in [0.29, 0.717) is 12.5 Å². The van der Waals surface area contributed by atoms with E-state index in [1.54, 1.807) is 0 Å². The molecule has 0 aromatic carbocycles. The van der Waals surface area contributed by atoms with Gasteiger partial charge in [0.1, 0.15) is 30.5 Å². The summed E-state index contributed by atoms with van der Waals surface area (Å²) < 4.78 is 5.34. The van der Waals surface area contributed by atoms with Crippen LogP contribution in [0.5, 0.6) is 0 Å². The molecule has 0 aromatic heterocycles. The number of unbranched alkanes of at least 4 members (excludes halogenated alkanes) is 4. The van der Waals surface area contributed by atoms with Crippen molar-refractivity contribution in [2.24, 2.45) is 0 Å². The molecular weight excluding hydrogens is 236 g/mol. The first-order valence-corrected chi connectivity index (χ1v) is 6.79. The van der Waals surface area contributed by atoms with Crippen molar-refractivity contribution >= 4 is 0 Å². The third kappa shape index (κ3) is 4.17. The van der Waals surface area contributed by atoms with E-state index in [9.17, 15) is 15.3 Å². The van der Waals surface area contributed by atoms with Gasteiger partial charge in [-0.05, 0) is 6.42 Å². The van der Waals surface area contributed by atoms with E-state index in [0.717, 1.165) is 19.3 Å². The quantitative estimate of drug-likeness (QED) is 0.497. The minimum absolute atomic E-state index is 0.371. The monoisotopic (exact) mass is 261 g/mol. The van der Waals surface area contributed by atoms with Crippen molar-refractivity contribution in [1.29, 1.82) is 0 Å². The summed E-state index contributed by atoms with van der Waals surface area (Å²) in [6.07, 6.45) is 1.87. The summed E-state index contributed by atoms with van der Waals surface area (Å²) in [5.41, 5.74) is 0. The summed E-state index contributed by atoms with van der Waals surface area (Å²) in [5.74, 6) is 0. The summed E-state index contributed by atoms with van der Waals surface area (Å²) in [6, 6.07) is 0. The Morgan fingerprint density at radius 2 is 1.67 bits per heavy atom. The highest BCUT2D eigenvalue weighted by molar-refractivity contribution is 5.01. The maximum Gasteiger partial charge on any atom is 0.129 e. The standard InChI is InChI=1S/C13H25O5/c1-2-3-4-5-6-7-9-11(15)13(17)12(16)10(8-14)18-9/h10-17H,2-8H2,1H3/t10-,11+,12+,13-/m1/s1. The summed E-state index contributed by atoms with van der Waals surface area (Å²) >= 11 is 0. The van der Waals surface area contributed by atoms with E-state index in [1.165, 1.54) is 12.8 Å². The number of hydrogen-bond donors (Lipinski definition) is 4. The molecule has 107 valence electrons. The van der Waals surface area contributed by atoms with Crippen LogP contribution in [0.3, 0.4) is 0 Å². The molecule has 1 radical (unpaired) electrons. The smallest absolute Gasteiger partial charge is 0.129 e. The average Bonchev–Trinajstić information content (AvgIpc) is 2.38. The van der Waals surface area contributed by atoms with Gasteiger partial charge in [0.05, 0.1) is 6.61 Å². The van der Waals surface area contributed by atoms with Gasteiger partial charge in [0.15, 0.2) is 0 Å². The van der Waals surface area contributed by atoms with Crippen molar-refractivity contribution in [3.63, 3.8) is 0 Å². The maximum atomic E-state index is 9.77. The molecule has 1 aliphatic heterocycles. The van der Waals surface area contributed by atoms with Gasteiger partial charge in [0.25, 0.3) is 0 Å². The highest BCUT2D eigenvalue weighted by atomic mass is 16.5.